The number of aromatic nitrogens is 3. The highest BCUT2D eigenvalue weighted by molar-refractivity contribution is 6.31. The Bertz CT molecular complexity index is 1300. The van der Waals surface area contributed by atoms with Crippen LogP contribution in [0.5, 0.6) is 0 Å². The molecule has 2 fully saturated rings. The number of imidazole rings is 1. The number of pyridine rings is 1. The van der Waals surface area contributed by atoms with Crippen molar-refractivity contribution in [2.75, 3.05) is 18.0 Å². The van der Waals surface area contributed by atoms with Crippen LogP contribution in [-0.4, -0.2) is 44.3 Å². The van der Waals surface area contributed by atoms with Gasteiger partial charge in [-0.3, -0.25) is 14.6 Å². The molecule has 1 atom stereocenters. The van der Waals surface area contributed by atoms with Gasteiger partial charge in [-0.2, -0.15) is 0 Å². The third-order valence-electron chi connectivity index (χ3n) is 7.37. The second kappa shape index (κ2) is 7.29. The standard InChI is InChI=1S/C25H26ClN5O2/c1-15(2)23(32)29-10-6-17(13-29)31-20-4-3-16(26)11-19(20)28-22(31)14-30-21-12-27-9-5-18(21)25(7-8-25)24(30)33/h3-5,9,11-12,15,17H,6-8,10,13-14H2,1-2H3/t17-/m1/s1. The molecule has 0 bridgehead atoms. The van der Waals surface area contributed by atoms with Gasteiger partial charge in [0.15, 0.2) is 0 Å². The maximum Gasteiger partial charge on any atom is 0.238 e. The van der Waals surface area contributed by atoms with E-state index < -0.39 is 0 Å². The zero-order valence-electron chi connectivity index (χ0n) is 18.8. The van der Waals surface area contributed by atoms with Crippen LogP contribution in [0.1, 0.15) is 50.5 Å². The molecular formula is C25H26ClN5O2. The van der Waals surface area contributed by atoms with E-state index in [9.17, 15) is 9.59 Å². The number of likely N-dealkylation sites (tertiary alicyclic amines) is 1. The number of rotatable bonds is 4. The fraction of sp³-hybridized carbons (Fsp3) is 0.440. The zero-order chi connectivity index (χ0) is 22.9. The minimum atomic E-state index is -0.369. The number of fused-ring (bicyclic) bond motifs is 3. The van der Waals surface area contributed by atoms with Gasteiger partial charge in [0.05, 0.1) is 40.9 Å². The highest BCUT2D eigenvalue weighted by Gasteiger charge is 2.59. The molecule has 170 valence electrons. The van der Waals surface area contributed by atoms with E-state index in [4.69, 9.17) is 16.6 Å². The van der Waals surface area contributed by atoms with Gasteiger partial charge >= 0.3 is 0 Å². The molecule has 0 radical (unpaired) electrons. The number of anilines is 1. The summed E-state index contributed by atoms with van der Waals surface area (Å²) >= 11 is 6.27. The van der Waals surface area contributed by atoms with Crippen LogP contribution in [0.3, 0.4) is 0 Å². The minimum Gasteiger partial charge on any atom is -0.340 e. The van der Waals surface area contributed by atoms with Crippen molar-refractivity contribution in [3.8, 4) is 0 Å². The third kappa shape index (κ3) is 3.09. The first-order valence-corrected chi connectivity index (χ1v) is 12.0. The van der Waals surface area contributed by atoms with Crippen molar-refractivity contribution >= 4 is 40.1 Å². The lowest BCUT2D eigenvalue weighted by Gasteiger charge is -2.22. The van der Waals surface area contributed by atoms with E-state index >= 15 is 0 Å². The number of amides is 2. The first kappa shape index (κ1) is 20.7. The van der Waals surface area contributed by atoms with Gasteiger partial charge in [0.25, 0.3) is 0 Å². The molecule has 0 N–H and O–H groups in total. The van der Waals surface area contributed by atoms with Crippen molar-refractivity contribution in [2.24, 2.45) is 5.92 Å². The third-order valence-corrected chi connectivity index (χ3v) is 7.60. The molecule has 1 aromatic carbocycles. The Morgan fingerprint density at radius 2 is 2.09 bits per heavy atom. The first-order valence-electron chi connectivity index (χ1n) is 11.6. The minimum absolute atomic E-state index is 0.0255. The van der Waals surface area contributed by atoms with Crippen LogP contribution in [0.2, 0.25) is 5.02 Å². The summed E-state index contributed by atoms with van der Waals surface area (Å²) in [5.74, 6) is 1.11. The largest absolute Gasteiger partial charge is 0.340 e. The molecule has 0 unspecified atom stereocenters. The van der Waals surface area contributed by atoms with E-state index in [1.807, 2.05) is 47.9 Å². The van der Waals surface area contributed by atoms with Gasteiger partial charge in [0.2, 0.25) is 11.8 Å². The molecule has 4 heterocycles. The summed E-state index contributed by atoms with van der Waals surface area (Å²) in [5, 5.41) is 0.630. The molecule has 1 aliphatic carbocycles. The van der Waals surface area contributed by atoms with Crippen LogP contribution >= 0.6 is 11.6 Å². The lowest BCUT2D eigenvalue weighted by molar-refractivity contribution is -0.133. The molecule has 1 saturated carbocycles. The zero-order valence-corrected chi connectivity index (χ0v) is 19.5. The first-order chi connectivity index (χ1) is 15.9. The SMILES string of the molecule is CC(C)C(=O)N1CC[C@@H](n2c(CN3C(=O)C4(CC4)c4ccncc43)nc3cc(Cl)ccc32)C1. The van der Waals surface area contributed by atoms with Crippen molar-refractivity contribution in [1.82, 2.24) is 19.4 Å². The van der Waals surface area contributed by atoms with Crippen LogP contribution in [0.25, 0.3) is 11.0 Å². The van der Waals surface area contributed by atoms with Crippen molar-refractivity contribution in [3.05, 3.63) is 53.1 Å². The molecule has 6 rings (SSSR count). The molecule has 3 aliphatic rings. The summed E-state index contributed by atoms with van der Waals surface area (Å²) in [5.41, 5.74) is 3.40. The van der Waals surface area contributed by atoms with E-state index in [0.29, 0.717) is 18.1 Å². The van der Waals surface area contributed by atoms with Gasteiger partial charge in [0, 0.05) is 30.2 Å². The monoisotopic (exact) mass is 463 g/mol. The van der Waals surface area contributed by atoms with E-state index in [1.54, 1.807) is 12.4 Å². The van der Waals surface area contributed by atoms with Crippen molar-refractivity contribution in [2.45, 2.75) is 51.1 Å². The fourth-order valence-corrected chi connectivity index (χ4v) is 5.72. The lowest BCUT2D eigenvalue weighted by atomic mass is 9.99. The Kier molecular flexibility index (Phi) is 4.56. The van der Waals surface area contributed by atoms with Gasteiger partial charge in [0.1, 0.15) is 5.82 Å². The number of carbonyl (C=O) groups is 2. The number of hydrogen-bond donors (Lipinski definition) is 0. The maximum atomic E-state index is 13.5. The van der Waals surface area contributed by atoms with E-state index in [0.717, 1.165) is 53.9 Å². The molecule has 8 heteroatoms. The van der Waals surface area contributed by atoms with Crippen LogP contribution in [0.4, 0.5) is 5.69 Å². The normalized spacial score (nSPS) is 21.0. The number of nitrogens with zero attached hydrogens (tertiary/aromatic N) is 5. The number of halogens is 1. The second-order valence-electron chi connectivity index (χ2n) is 9.78. The Morgan fingerprint density at radius 3 is 2.85 bits per heavy atom. The molecule has 1 saturated heterocycles. The predicted molar refractivity (Wildman–Crippen MR) is 126 cm³/mol. The number of benzene rings is 1. The van der Waals surface area contributed by atoms with Crippen molar-refractivity contribution in [3.63, 3.8) is 0 Å². The second-order valence-corrected chi connectivity index (χ2v) is 10.2. The molecular weight excluding hydrogens is 438 g/mol. The van der Waals surface area contributed by atoms with Gasteiger partial charge in [-0.25, -0.2) is 4.98 Å². The van der Waals surface area contributed by atoms with Gasteiger partial charge < -0.3 is 14.4 Å². The summed E-state index contributed by atoms with van der Waals surface area (Å²) in [4.78, 5) is 39.1. The number of hydrogen-bond acceptors (Lipinski definition) is 4. The van der Waals surface area contributed by atoms with Crippen molar-refractivity contribution in [1.29, 1.82) is 0 Å². The van der Waals surface area contributed by atoms with E-state index in [-0.39, 0.29) is 29.2 Å². The average Bonchev–Trinajstić information content (AvgIpc) is 3.24. The maximum absolute atomic E-state index is 13.5. The smallest absolute Gasteiger partial charge is 0.238 e. The Labute approximate surface area is 197 Å². The van der Waals surface area contributed by atoms with Gasteiger partial charge in [-0.15, -0.1) is 0 Å². The summed E-state index contributed by atoms with van der Waals surface area (Å²) in [6, 6.07) is 7.82. The summed E-state index contributed by atoms with van der Waals surface area (Å²) in [7, 11) is 0. The van der Waals surface area contributed by atoms with Crippen LogP contribution in [0, 0.1) is 5.92 Å². The molecule has 33 heavy (non-hydrogen) atoms. The Hall–Kier alpha value is -2.93. The molecule has 2 aliphatic heterocycles. The highest BCUT2D eigenvalue weighted by atomic mass is 35.5. The average molecular weight is 464 g/mol. The van der Waals surface area contributed by atoms with Crippen LogP contribution < -0.4 is 4.90 Å². The van der Waals surface area contributed by atoms with Crippen LogP contribution in [0.15, 0.2) is 36.7 Å². The summed E-state index contributed by atoms with van der Waals surface area (Å²) in [6.07, 6.45) is 6.20. The lowest BCUT2D eigenvalue weighted by Crippen LogP contribution is -2.34. The quantitative estimate of drug-likeness (QED) is 0.584. The van der Waals surface area contributed by atoms with E-state index in [2.05, 4.69) is 9.55 Å². The predicted octanol–water partition coefficient (Wildman–Crippen LogP) is 4.09. The molecule has 7 nitrogen and oxygen atoms in total. The molecule has 3 aromatic rings. The fourth-order valence-electron chi connectivity index (χ4n) is 5.55. The summed E-state index contributed by atoms with van der Waals surface area (Å²) < 4.78 is 2.22. The topological polar surface area (TPSA) is 71.3 Å². The van der Waals surface area contributed by atoms with Gasteiger partial charge in [-0.05, 0) is 49.1 Å². The Morgan fingerprint density at radius 1 is 1.27 bits per heavy atom. The molecule has 2 amide bonds. The molecule has 1 spiro atoms. The van der Waals surface area contributed by atoms with Crippen LogP contribution in [-0.2, 0) is 21.5 Å². The van der Waals surface area contributed by atoms with Crippen molar-refractivity contribution < 1.29 is 9.59 Å². The van der Waals surface area contributed by atoms with E-state index in [1.165, 1.54) is 0 Å². The van der Waals surface area contributed by atoms with Gasteiger partial charge in [-0.1, -0.05) is 25.4 Å². The highest BCUT2D eigenvalue weighted by Crippen LogP contribution is 2.57. The number of carbonyl (C=O) groups excluding carboxylic acids is 2. The summed E-state index contributed by atoms with van der Waals surface area (Å²) in [6.45, 7) is 5.63. The molecule has 2 aromatic heterocycles. The Balaban J connectivity index is 1.40.